The average Bonchev–Trinajstić information content (AvgIpc) is 1.69. The zero-order valence-corrected chi connectivity index (χ0v) is 7.44. The van der Waals surface area contributed by atoms with Crippen molar-refractivity contribution in [3.63, 3.8) is 0 Å². The molecule has 0 radical (unpaired) electrons. The van der Waals surface area contributed by atoms with Crippen LogP contribution in [0.3, 0.4) is 0 Å². The van der Waals surface area contributed by atoms with Gasteiger partial charge in [0.2, 0.25) is 0 Å². The molecule has 0 unspecified atom stereocenters. The monoisotopic (exact) mass is 172 g/mol. The smallest absolute Gasteiger partial charge is 1.00 e. The molecule has 1 heterocycles. The zero-order valence-electron chi connectivity index (χ0n) is 4.51. The number of hydrogen-bond acceptors (Lipinski definition) is 2. The van der Waals surface area contributed by atoms with E-state index in [0.717, 1.165) is 0 Å². The second kappa shape index (κ2) is 6.54. The van der Waals surface area contributed by atoms with Crippen molar-refractivity contribution in [1.82, 2.24) is 9.97 Å². The normalized spacial score (nSPS) is 6.78. The Bertz CT molecular complexity index is 146. The summed E-state index contributed by atoms with van der Waals surface area (Å²) in [4.78, 5) is 7.03. The van der Waals surface area contributed by atoms with Crippen molar-refractivity contribution in [3.05, 3.63) is 23.7 Å². The first kappa shape index (κ1) is 12.1. The quantitative estimate of drug-likeness (QED) is 0.322. The van der Waals surface area contributed by atoms with Crippen molar-refractivity contribution < 1.29 is 12.4 Å². The fourth-order valence-electron chi connectivity index (χ4n) is 0.248. The number of hydrogen-bond donors (Lipinski definition) is 0. The van der Waals surface area contributed by atoms with E-state index in [1.807, 2.05) is 0 Å². The summed E-state index contributed by atoms with van der Waals surface area (Å²) < 4.78 is 0. The van der Waals surface area contributed by atoms with Gasteiger partial charge in [0.15, 0.2) is 0 Å². The Labute approximate surface area is 80.6 Å². The Morgan fingerprint density at radius 3 is 2.00 bits per heavy atom. The van der Waals surface area contributed by atoms with E-state index in [2.05, 4.69) is 16.3 Å². The van der Waals surface area contributed by atoms with Crippen molar-refractivity contribution >= 4 is 34.7 Å². The molecule has 44 valence electrons. The standard InChI is InChI=1S/C4H2ClN2.ClH.Mg/c5-4-1-6-3-7-2-4;;/h1-2H;1H;/q-1;;+2/p-1. The maximum atomic E-state index is 5.39. The largest absolute Gasteiger partial charge is 2.00 e. The van der Waals surface area contributed by atoms with Gasteiger partial charge in [0.05, 0.1) is 0 Å². The summed E-state index contributed by atoms with van der Waals surface area (Å²) in [7, 11) is 0. The molecule has 0 atom stereocenters. The summed E-state index contributed by atoms with van der Waals surface area (Å²) >= 11 is 5.39. The Kier molecular flexibility index (Phi) is 8.83. The van der Waals surface area contributed by atoms with Gasteiger partial charge in [-0.3, -0.25) is 0 Å². The van der Waals surface area contributed by atoms with Crippen LogP contribution in [0.1, 0.15) is 0 Å². The first-order chi connectivity index (χ1) is 3.39. The van der Waals surface area contributed by atoms with Crippen LogP contribution in [0.25, 0.3) is 0 Å². The molecule has 0 aromatic carbocycles. The molecule has 0 N–H and O–H groups in total. The summed E-state index contributed by atoms with van der Waals surface area (Å²) in [6, 6.07) is 0. The van der Waals surface area contributed by atoms with Crippen LogP contribution in [0.2, 0.25) is 5.02 Å². The van der Waals surface area contributed by atoms with Crippen molar-refractivity contribution in [3.8, 4) is 0 Å². The molecule has 0 aliphatic carbocycles. The molecule has 0 saturated heterocycles. The van der Waals surface area contributed by atoms with Gasteiger partial charge in [-0.2, -0.15) is 0 Å². The molecule has 0 bridgehead atoms. The molecule has 1 rings (SSSR count). The van der Waals surface area contributed by atoms with Crippen molar-refractivity contribution in [2.45, 2.75) is 0 Å². The number of halogens is 2. The predicted molar refractivity (Wildman–Crippen MR) is 31.6 cm³/mol. The van der Waals surface area contributed by atoms with Crippen LogP contribution in [0.4, 0.5) is 0 Å². The molecule has 0 amide bonds. The summed E-state index contributed by atoms with van der Waals surface area (Å²) in [6.45, 7) is 0. The van der Waals surface area contributed by atoms with Crippen molar-refractivity contribution in [1.29, 1.82) is 0 Å². The van der Waals surface area contributed by atoms with E-state index in [0.29, 0.717) is 5.02 Å². The second-order valence-corrected chi connectivity index (χ2v) is 1.44. The van der Waals surface area contributed by atoms with E-state index < -0.39 is 0 Å². The summed E-state index contributed by atoms with van der Waals surface area (Å²) in [5.41, 5.74) is 0. The van der Waals surface area contributed by atoms with Crippen LogP contribution in [0, 0.1) is 6.33 Å². The van der Waals surface area contributed by atoms with Gasteiger partial charge in [-0.05, 0) is 5.02 Å². The maximum absolute atomic E-state index is 5.39. The minimum absolute atomic E-state index is 0. The predicted octanol–water partition coefficient (Wildman–Crippen LogP) is -2.45. The maximum Gasteiger partial charge on any atom is 2.00 e. The fraction of sp³-hybridized carbons (Fsp3) is 0. The van der Waals surface area contributed by atoms with Gasteiger partial charge < -0.3 is 22.4 Å². The molecular formula is C4H2Cl2MgN2. The van der Waals surface area contributed by atoms with E-state index in [4.69, 9.17) is 11.6 Å². The third-order valence-corrected chi connectivity index (χ3v) is 0.686. The van der Waals surface area contributed by atoms with Crippen LogP contribution in [-0.2, 0) is 0 Å². The van der Waals surface area contributed by atoms with E-state index in [1.54, 1.807) is 0 Å². The molecule has 9 heavy (non-hydrogen) atoms. The molecule has 2 nitrogen and oxygen atoms in total. The van der Waals surface area contributed by atoms with Gasteiger partial charge >= 0.3 is 23.1 Å². The van der Waals surface area contributed by atoms with Crippen molar-refractivity contribution in [2.75, 3.05) is 0 Å². The average molecular weight is 173 g/mol. The van der Waals surface area contributed by atoms with E-state index in [1.165, 1.54) is 12.4 Å². The summed E-state index contributed by atoms with van der Waals surface area (Å²) in [6.07, 6.45) is 5.31. The second-order valence-electron chi connectivity index (χ2n) is 1.00. The molecule has 0 saturated carbocycles. The summed E-state index contributed by atoms with van der Waals surface area (Å²) in [5, 5.41) is 0.541. The summed E-state index contributed by atoms with van der Waals surface area (Å²) in [5.74, 6) is 0. The molecule has 1 aromatic heterocycles. The van der Waals surface area contributed by atoms with Gasteiger partial charge in [-0.15, -0.1) is 11.6 Å². The molecule has 0 fully saturated rings. The SMILES string of the molecule is Clc1cn[c-]nc1.[Cl-].[Mg+2]. The molecule has 5 heteroatoms. The first-order valence-corrected chi connectivity index (χ1v) is 2.11. The van der Waals surface area contributed by atoms with Crippen LogP contribution in [-0.4, -0.2) is 33.0 Å². The Morgan fingerprint density at radius 2 is 1.78 bits per heavy atom. The van der Waals surface area contributed by atoms with E-state index in [-0.39, 0.29) is 35.5 Å². The third-order valence-electron chi connectivity index (χ3n) is 0.491. The Balaban J connectivity index is 0. The zero-order chi connectivity index (χ0) is 5.11. The molecule has 0 spiro atoms. The van der Waals surface area contributed by atoms with E-state index in [9.17, 15) is 0 Å². The van der Waals surface area contributed by atoms with Gasteiger partial charge in [-0.1, -0.05) is 12.4 Å². The Hall–Kier alpha value is 0.426. The molecular weight excluding hydrogens is 171 g/mol. The van der Waals surface area contributed by atoms with Crippen molar-refractivity contribution in [2.24, 2.45) is 0 Å². The van der Waals surface area contributed by atoms with Gasteiger partial charge in [0.25, 0.3) is 0 Å². The van der Waals surface area contributed by atoms with Gasteiger partial charge in [-0.25, -0.2) is 0 Å². The molecule has 0 aliphatic rings. The number of nitrogens with zero attached hydrogens (tertiary/aromatic N) is 2. The van der Waals surface area contributed by atoms with Crippen LogP contribution < -0.4 is 12.4 Å². The molecule has 0 aliphatic heterocycles. The third kappa shape index (κ3) is 4.90. The first-order valence-electron chi connectivity index (χ1n) is 1.73. The number of rotatable bonds is 0. The fourth-order valence-corrected chi connectivity index (χ4v) is 0.345. The van der Waals surface area contributed by atoms with Gasteiger partial charge in [0.1, 0.15) is 0 Å². The number of aromatic nitrogens is 2. The minimum Gasteiger partial charge on any atom is -1.00 e. The van der Waals surface area contributed by atoms with E-state index >= 15 is 0 Å². The molecule has 1 aromatic rings. The van der Waals surface area contributed by atoms with Crippen LogP contribution in [0.15, 0.2) is 12.4 Å². The van der Waals surface area contributed by atoms with Crippen LogP contribution >= 0.6 is 11.6 Å². The topological polar surface area (TPSA) is 25.8 Å². The minimum atomic E-state index is 0. The van der Waals surface area contributed by atoms with Crippen LogP contribution in [0.5, 0.6) is 0 Å². The van der Waals surface area contributed by atoms with Gasteiger partial charge in [0, 0.05) is 6.33 Å². The Morgan fingerprint density at radius 1 is 1.33 bits per heavy atom.